The monoisotopic (exact) mass is 273 g/mol. The number of anilines is 1. The minimum absolute atomic E-state index is 0.435. The van der Waals surface area contributed by atoms with Crippen molar-refractivity contribution in [3.63, 3.8) is 0 Å². The fourth-order valence-corrected chi connectivity index (χ4v) is 3.01. The molecular weight excluding hydrogens is 250 g/mol. The second-order valence-electron chi connectivity index (χ2n) is 5.93. The van der Waals surface area contributed by atoms with Crippen LogP contribution in [0.3, 0.4) is 0 Å². The van der Waals surface area contributed by atoms with Crippen molar-refractivity contribution in [2.75, 3.05) is 24.5 Å². The van der Waals surface area contributed by atoms with E-state index in [1.165, 1.54) is 12.8 Å². The van der Waals surface area contributed by atoms with Crippen molar-refractivity contribution < 1.29 is 4.42 Å². The van der Waals surface area contributed by atoms with E-state index < -0.39 is 0 Å². The molecule has 4 heteroatoms. The number of pyridine rings is 1. The third-order valence-corrected chi connectivity index (χ3v) is 4.11. The molecule has 1 fully saturated rings. The molecule has 108 valence electrons. The molecule has 4 nitrogen and oxygen atoms in total. The highest BCUT2D eigenvalue weighted by Gasteiger charge is 2.21. The first-order chi connectivity index (χ1) is 9.75. The Hall–Kier alpha value is -1.55. The maximum absolute atomic E-state index is 5.50. The zero-order chi connectivity index (χ0) is 13.9. The topological polar surface area (TPSA) is 41.3 Å². The lowest BCUT2D eigenvalue weighted by molar-refractivity contribution is 0.370. The molecule has 1 aliphatic heterocycles. The Kier molecular flexibility index (Phi) is 3.92. The van der Waals surface area contributed by atoms with Crippen molar-refractivity contribution in [1.82, 2.24) is 10.3 Å². The molecule has 0 spiro atoms. The van der Waals surface area contributed by atoms with Gasteiger partial charge in [0, 0.05) is 18.8 Å². The van der Waals surface area contributed by atoms with Crippen LogP contribution < -0.4 is 10.2 Å². The van der Waals surface area contributed by atoms with Crippen LogP contribution in [0, 0.1) is 5.92 Å². The van der Waals surface area contributed by atoms with Gasteiger partial charge in [0.15, 0.2) is 0 Å². The van der Waals surface area contributed by atoms with E-state index in [-0.39, 0.29) is 0 Å². The van der Waals surface area contributed by atoms with Gasteiger partial charge < -0.3 is 14.6 Å². The van der Waals surface area contributed by atoms with Crippen LogP contribution in [0.1, 0.15) is 26.7 Å². The fraction of sp³-hybridized carbons (Fsp3) is 0.562. The van der Waals surface area contributed by atoms with Gasteiger partial charge in [0.1, 0.15) is 11.4 Å². The van der Waals surface area contributed by atoms with Crippen molar-refractivity contribution in [1.29, 1.82) is 0 Å². The quantitative estimate of drug-likeness (QED) is 0.929. The number of piperidine rings is 1. The van der Waals surface area contributed by atoms with Gasteiger partial charge in [-0.3, -0.25) is 0 Å². The van der Waals surface area contributed by atoms with Crippen LogP contribution in [0.4, 0.5) is 5.82 Å². The third-order valence-electron chi connectivity index (χ3n) is 4.11. The number of hydrogen-bond acceptors (Lipinski definition) is 4. The summed E-state index contributed by atoms with van der Waals surface area (Å²) >= 11 is 0. The fourth-order valence-electron chi connectivity index (χ4n) is 3.01. The highest BCUT2D eigenvalue weighted by atomic mass is 16.3. The van der Waals surface area contributed by atoms with Crippen molar-refractivity contribution in [2.24, 2.45) is 5.92 Å². The van der Waals surface area contributed by atoms with Gasteiger partial charge in [0.25, 0.3) is 0 Å². The van der Waals surface area contributed by atoms with Crippen LogP contribution in [0.2, 0.25) is 0 Å². The summed E-state index contributed by atoms with van der Waals surface area (Å²) < 4.78 is 5.50. The van der Waals surface area contributed by atoms with Crippen molar-refractivity contribution in [2.45, 2.75) is 32.7 Å². The SMILES string of the molecule is CC(C)N(CC1CCCNC1)c1nccc2occc12. The van der Waals surface area contributed by atoms with Crippen LogP contribution in [-0.2, 0) is 0 Å². The van der Waals surface area contributed by atoms with Crippen LogP contribution in [-0.4, -0.2) is 30.7 Å². The van der Waals surface area contributed by atoms with Gasteiger partial charge in [-0.25, -0.2) is 4.98 Å². The molecule has 0 aromatic carbocycles. The van der Waals surface area contributed by atoms with E-state index in [0.717, 1.165) is 36.4 Å². The molecule has 1 saturated heterocycles. The Morgan fingerprint density at radius 1 is 1.45 bits per heavy atom. The molecule has 1 N–H and O–H groups in total. The molecule has 0 saturated carbocycles. The number of fused-ring (bicyclic) bond motifs is 1. The lowest BCUT2D eigenvalue weighted by Gasteiger charge is -2.34. The molecule has 1 unspecified atom stereocenters. The molecule has 3 rings (SSSR count). The van der Waals surface area contributed by atoms with E-state index in [1.54, 1.807) is 6.26 Å². The Morgan fingerprint density at radius 3 is 3.10 bits per heavy atom. The minimum Gasteiger partial charge on any atom is -0.464 e. The standard InChI is InChI=1S/C16H23N3O/c1-12(2)19(11-13-4-3-7-17-10-13)16-14-6-9-20-15(14)5-8-18-16/h5-6,8-9,12-13,17H,3-4,7,10-11H2,1-2H3. The number of nitrogens with zero attached hydrogens (tertiary/aromatic N) is 2. The first-order valence-corrected chi connectivity index (χ1v) is 7.55. The van der Waals surface area contributed by atoms with Crippen LogP contribution in [0.25, 0.3) is 11.0 Å². The largest absolute Gasteiger partial charge is 0.464 e. The second-order valence-corrected chi connectivity index (χ2v) is 5.93. The van der Waals surface area contributed by atoms with E-state index in [1.807, 2.05) is 18.3 Å². The van der Waals surface area contributed by atoms with E-state index in [4.69, 9.17) is 4.42 Å². The second kappa shape index (κ2) is 5.83. The first kappa shape index (κ1) is 13.4. The van der Waals surface area contributed by atoms with Crippen LogP contribution in [0.5, 0.6) is 0 Å². The van der Waals surface area contributed by atoms with Gasteiger partial charge in [-0.05, 0) is 57.8 Å². The first-order valence-electron chi connectivity index (χ1n) is 7.55. The zero-order valence-corrected chi connectivity index (χ0v) is 12.3. The maximum atomic E-state index is 5.50. The highest BCUT2D eigenvalue weighted by molar-refractivity contribution is 5.88. The van der Waals surface area contributed by atoms with Gasteiger partial charge in [0.2, 0.25) is 0 Å². The molecule has 0 bridgehead atoms. The lowest BCUT2D eigenvalue weighted by atomic mass is 9.98. The summed E-state index contributed by atoms with van der Waals surface area (Å²) in [6.07, 6.45) is 6.17. The van der Waals surface area contributed by atoms with Crippen molar-refractivity contribution in [3.05, 3.63) is 24.6 Å². The molecule has 1 aliphatic rings. The molecule has 1 atom stereocenters. The molecular formula is C16H23N3O. The summed E-state index contributed by atoms with van der Waals surface area (Å²) in [7, 11) is 0. The Labute approximate surface area is 120 Å². The van der Waals surface area contributed by atoms with Crippen LogP contribution in [0.15, 0.2) is 29.0 Å². The molecule has 2 aromatic heterocycles. The predicted octanol–water partition coefficient (Wildman–Crippen LogP) is 3.04. The van der Waals surface area contributed by atoms with Gasteiger partial charge in [-0.1, -0.05) is 0 Å². The summed E-state index contributed by atoms with van der Waals surface area (Å²) in [4.78, 5) is 7.02. The number of aromatic nitrogens is 1. The minimum atomic E-state index is 0.435. The molecule has 2 aromatic rings. The van der Waals surface area contributed by atoms with E-state index >= 15 is 0 Å². The molecule has 0 aliphatic carbocycles. The Bertz CT molecular complexity index is 558. The summed E-state index contributed by atoms with van der Waals surface area (Å²) in [6.45, 7) is 7.80. The molecule has 20 heavy (non-hydrogen) atoms. The Morgan fingerprint density at radius 2 is 2.35 bits per heavy atom. The molecule has 3 heterocycles. The zero-order valence-electron chi connectivity index (χ0n) is 12.3. The Balaban J connectivity index is 1.87. The summed E-state index contributed by atoms with van der Waals surface area (Å²) in [5.74, 6) is 1.76. The number of rotatable bonds is 4. The van der Waals surface area contributed by atoms with Gasteiger partial charge in [0.05, 0.1) is 11.6 Å². The average Bonchev–Trinajstić information content (AvgIpc) is 2.94. The number of nitrogens with one attached hydrogen (secondary N) is 1. The predicted molar refractivity (Wildman–Crippen MR) is 82.1 cm³/mol. The van der Waals surface area contributed by atoms with Crippen LogP contribution >= 0.6 is 0 Å². The number of hydrogen-bond donors (Lipinski definition) is 1. The summed E-state index contributed by atoms with van der Waals surface area (Å²) in [5.41, 5.74) is 0.919. The summed E-state index contributed by atoms with van der Waals surface area (Å²) in [5, 5.41) is 4.61. The van der Waals surface area contributed by atoms with E-state index in [0.29, 0.717) is 12.0 Å². The lowest BCUT2D eigenvalue weighted by Crippen LogP contribution is -2.41. The van der Waals surface area contributed by atoms with Gasteiger partial charge in [-0.2, -0.15) is 0 Å². The average molecular weight is 273 g/mol. The molecule has 0 amide bonds. The van der Waals surface area contributed by atoms with Crippen molar-refractivity contribution in [3.8, 4) is 0 Å². The smallest absolute Gasteiger partial charge is 0.139 e. The van der Waals surface area contributed by atoms with Crippen molar-refractivity contribution >= 4 is 16.8 Å². The summed E-state index contributed by atoms with van der Waals surface area (Å²) in [6, 6.07) is 4.39. The van der Waals surface area contributed by atoms with Gasteiger partial charge in [-0.15, -0.1) is 0 Å². The molecule has 0 radical (unpaired) electrons. The highest BCUT2D eigenvalue weighted by Crippen LogP contribution is 2.28. The maximum Gasteiger partial charge on any atom is 0.139 e. The third kappa shape index (κ3) is 2.66. The normalized spacial score (nSPS) is 19.6. The van der Waals surface area contributed by atoms with E-state index in [9.17, 15) is 0 Å². The number of furan rings is 1. The van der Waals surface area contributed by atoms with Gasteiger partial charge >= 0.3 is 0 Å². The van der Waals surface area contributed by atoms with E-state index in [2.05, 4.69) is 29.0 Å².